The van der Waals surface area contributed by atoms with Crippen LogP contribution in [-0.4, -0.2) is 26.4 Å². The number of aryl methyl sites for hydroxylation is 1. The van der Waals surface area contributed by atoms with Gasteiger partial charge in [-0.05, 0) is 48.9 Å². The van der Waals surface area contributed by atoms with Crippen LogP contribution >= 0.6 is 0 Å². The fourth-order valence-corrected chi connectivity index (χ4v) is 4.78. The number of nitrogens with one attached hydrogen (secondary N) is 1. The molecule has 0 saturated carbocycles. The lowest BCUT2D eigenvalue weighted by molar-refractivity contribution is -0.385. The quantitative estimate of drug-likeness (QED) is 0.587. The predicted molar refractivity (Wildman–Crippen MR) is 109 cm³/mol. The maximum absolute atomic E-state index is 12.6. The van der Waals surface area contributed by atoms with Crippen molar-refractivity contribution in [1.29, 1.82) is 0 Å². The van der Waals surface area contributed by atoms with Crippen LogP contribution in [0.4, 0.5) is 11.4 Å². The van der Waals surface area contributed by atoms with Crippen LogP contribution < -0.4 is 9.62 Å². The number of nitrogens with zero attached hydrogens (tertiary/aromatic N) is 2. The summed E-state index contributed by atoms with van der Waals surface area (Å²) in [5.41, 5.74) is 2.20. The number of nitro groups is 1. The molecule has 0 aromatic heterocycles. The third kappa shape index (κ3) is 4.69. The van der Waals surface area contributed by atoms with Crippen LogP contribution in [0.2, 0.25) is 0 Å². The van der Waals surface area contributed by atoms with Gasteiger partial charge in [0.15, 0.2) is 0 Å². The highest BCUT2D eigenvalue weighted by Crippen LogP contribution is 2.24. The van der Waals surface area contributed by atoms with Crippen molar-refractivity contribution in [1.82, 2.24) is 4.72 Å². The van der Waals surface area contributed by atoms with Crippen LogP contribution in [0, 0.1) is 23.0 Å². The Bertz CT molecular complexity index is 958. The number of sulfonamides is 1. The Morgan fingerprint density at radius 2 is 1.93 bits per heavy atom. The van der Waals surface area contributed by atoms with Gasteiger partial charge in [-0.25, -0.2) is 13.1 Å². The summed E-state index contributed by atoms with van der Waals surface area (Å²) in [5, 5.41) is 10.9. The zero-order valence-electron chi connectivity index (χ0n) is 16.1. The van der Waals surface area contributed by atoms with E-state index < -0.39 is 14.9 Å². The predicted octanol–water partition coefficient (Wildman–Crippen LogP) is 3.62. The molecule has 8 heteroatoms. The highest BCUT2D eigenvalue weighted by Gasteiger charge is 2.20. The number of hydrogen-bond acceptors (Lipinski definition) is 5. The molecule has 3 rings (SSSR count). The molecule has 1 N–H and O–H groups in total. The summed E-state index contributed by atoms with van der Waals surface area (Å²) < 4.78 is 27.8. The molecule has 28 heavy (non-hydrogen) atoms. The minimum absolute atomic E-state index is 0.0689. The fraction of sp³-hybridized carbons (Fsp3) is 0.400. The second-order valence-corrected chi connectivity index (χ2v) is 9.13. The van der Waals surface area contributed by atoms with E-state index in [9.17, 15) is 18.5 Å². The maximum atomic E-state index is 12.6. The van der Waals surface area contributed by atoms with Crippen molar-refractivity contribution in [2.45, 2.75) is 38.1 Å². The van der Waals surface area contributed by atoms with E-state index in [0.29, 0.717) is 11.5 Å². The zero-order valence-corrected chi connectivity index (χ0v) is 16.9. The Hall–Kier alpha value is -2.45. The molecule has 1 aliphatic heterocycles. The van der Waals surface area contributed by atoms with E-state index in [0.717, 1.165) is 30.4 Å². The van der Waals surface area contributed by atoms with Crippen molar-refractivity contribution in [2.24, 2.45) is 5.92 Å². The number of nitro benzene ring substituents is 1. The van der Waals surface area contributed by atoms with Crippen molar-refractivity contribution < 1.29 is 13.3 Å². The Morgan fingerprint density at radius 3 is 2.57 bits per heavy atom. The summed E-state index contributed by atoms with van der Waals surface area (Å²) in [6, 6.07) is 11.7. The number of rotatable bonds is 6. The average molecular weight is 404 g/mol. The Labute approximate surface area is 165 Å². The largest absolute Gasteiger partial charge is 0.371 e. The summed E-state index contributed by atoms with van der Waals surface area (Å²) in [7, 11) is -3.85. The van der Waals surface area contributed by atoms with Crippen LogP contribution in [0.3, 0.4) is 0 Å². The van der Waals surface area contributed by atoms with Crippen LogP contribution in [0.15, 0.2) is 47.4 Å². The molecule has 0 radical (unpaired) electrons. The molecule has 0 bridgehead atoms. The van der Waals surface area contributed by atoms with Crippen LogP contribution in [-0.2, 0) is 16.6 Å². The van der Waals surface area contributed by atoms with Crippen LogP contribution in [0.1, 0.15) is 30.9 Å². The molecule has 1 aliphatic rings. The minimum Gasteiger partial charge on any atom is -0.371 e. The lowest BCUT2D eigenvalue weighted by Crippen LogP contribution is -2.34. The molecule has 2 aromatic rings. The van der Waals surface area contributed by atoms with Crippen molar-refractivity contribution in [2.75, 3.05) is 18.0 Å². The highest BCUT2D eigenvalue weighted by molar-refractivity contribution is 7.89. The number of hydrogen-bond donors (Lipinski definition) is 1. The molecule has 7 nitrogen and oxygen atoms in total. The van der Waals surface area contributed by atoms with Gasteiger partial charge in [-0.15, -0.1) is 0 Å². The fourth-order valence-electron chi connectivity index (χ4n) is 3.50. The van der Waals surface area contributed by atoms with Crippen LogP contribution in [0.5, 0.6) is 0 Å². The van der Waals surface area contributed by atoms with Crippen LogP contribution in [0.25, 0.3) is 0 Å². The average Bonchev–Trinajstić information content (AvgIpc) is 2.67. The Balaban J connectivity index is 1.69. The molecular weight excluding hydrogens is 378 g/mol. The molecule has 0 aliphatic carbocycles. The standard InChI is InChI=1S/C20H25N3O4S/c1-15-4-3-11-22(14-15)18-9-6-17(7-10-18)13-21-28(26,27)20-12-19(23(24)25)8-5-16(20)2/h5-10,12,15,21H,3-4,11,13-14H2,1-2H3/t15-/m1/s1. The second kappa shape index (κ2) is 8.28. The second-order valence-electron chi connectivity index (χ2n) is 7.39. The van der Waals surface area contributed by atoms with E-state index in [1.807, 2.05) is 24.3 Å². The highest BCUT2D eigenvalue weighted by atomic mass is 32.2. The maximum Gasteiger partial charge on any atom is 0.270 e. The van der Waals surface area contributed by atoms with E-state index in [2.05, 4.69) is 16.5 Å². The Morgan fingerprint density at radius 1 is 1.21 bits per heavy atom. The molecule has 0 spiro atoms. The topological polar surface area (TPSA) is 92.5 Å². The smallest absolute Gasteiger partial charge is 0.270 e. The number of non-ortho nitro benzene ring substituents is 1. The van der Waals surface area contributed by atoms with Gasteiger partial charge in [0.05, 0.1) is 9.82 Å². The SMILES string of the molecule is Cc1ccc([N+](=O)[O-])cc1S(=O)(=O)NCc1ccc(N2CCC[C@@H](C)C2)cc1. The van der Waals surface area contributed by atoms with E-state index in [4.69, 9.17) is 0 Å². The number of anilines is 1. The van der Waals surface area contributed by atoms with E-state index in [1.54, 1.807) is 6.92 Å². The van der Waals surface area contributed by atoms with Gasteiger partial charge in [-0.3, -0.25) is 10.1 Å². The lowest BCUT2D eigenvalue weighted by Gasteiger charge is -2.32. The van der Waals surface area contributed by atoms with Crippen molar-refractivity contribution in [3.63, 3.8) is 0 Å². The molecule has 2 aromatic carbocycles. The first-order chi connectivity index (χ1) is 13.3. The normalized spacial score (nSPS) is 17.5. The number of benzene rings is 2. The minimum atomic E-state index is -3.85. The van der Waals surface area contributed by atoms with Gasteiger partial charge in [0.25, 0.3) is 5.69 Å². The van der Waals surface area contributed by atoms with Gasteiger partial charge in [-0.2, -0.15) is 0 Å². The first-order valence-corrected chi connectivity index (χ1v) is 10.8. The molecule has 0 unspecified atom stereocenters. The van der Waals surface area contributed by atoms with Gasteiger partial charge < -0.3 is 4.90 Å². The summed E-state index contributed by atoms with van der Waals surface area (Å²) in [4.78, 5) is 12.6. The molecular formula is C20H25N3O4S. The van der Waals surface area contributed by atoms with Crippen molar-refractivity contribution >= 4 is 21.4 Å². The van der Waals surface area contributed by atoms with Gasteiger partial charge in [-0.1, -0.05) is 25.1 Å². The van der Waals surface area contributed by atoms with Crippen molar-refractivity contribution in [3.8, 4) is 0 Å². The molecule has 1 atom stereocenters. The van der Waals surface area contributed by atoms with E-state index in [1.165, 1.54) is 25.0 Å². The van der Waals surface area contributed by atoms with E-state index in [-0.39, 0.29) is 17.1 Å². The van der Waals surface area contributed by atoms with E-state index >= 15 is 0 Å². The molecule has 1 fully saturated rings. The monoisotopic (exact) mass is 403 g/mol. The van der Waals surface area contributed by atoms with Gasteiger partial charge in [0.1, 0.15) is 0 Å². The summed E-state index contributed by atoms with van der Waals surface area (Å²) in [5.74, 6) is 0.679. The van der Waals surface area contributed by atoms with Gasteiger partial charge in [0, 0.05) is 37.5 Å². The molecule has 150 valence electrons. The van der Waals surface area contributed by atoms with Crippen molar-refractivity contribution in [3.05, 3.63) is 63.7 Å². The lowest BCUT2D eigenvalue weighted by atomic mass is 9.99. The summed E-state index contributed by atoms with van der Waals surface area (Å²) in [6.45, 7) is 6.08. The first-order valence-electron chi connectivity index (χ1n) is 9.35. The molecule has 1 heterocycles. The summed E-state index contributed by atoms with van der Waals surface area (Å²) in [6.07, 6.45) is 2.44. The summed E-state index contributed by atoms with van der Waals surface area (Å²) >= 11 is 0. The number of piperidine rings is 1. The van der Waals surface area contributed by atoms with Gasteiger partial charge >= 0.3 is 0 Å². The van der Waals surface area contributed by atoms with Gasteiger partial charge in [0.2, 0.25) is 10.0 Å². The first kappa shape index (κ1) is 20.3. The molecule has 1 saturated heterocycles. The zero-order chi connectivity index (χ0) is 20.3. The Kier molecular flexibility index (Phi) is 6.00. The third-order valence-corrected chi connectivity index (χ3v) is 6.64. The molecule has 0 amide bonds. The third-order valence-electron chi connectivity index (χ3n) is 5.10.